The molecule has 0 fully saturated rings. The van der Waals surface area contributed by atoms with E-state index in [4.69, 9.17) is 0 Å². The first-order valence-corrected chi connectivity index (χ1v) is 13.9. The second kappa shape index (κ2) is 13.0. The minimum Gasteiger partial charge on any atom is -0.208 e. The molecule has 1 N–H and O–H groups in total. The quantitative estimate of drug-likeness (QED) is 0.261. The molecule has 0 bridgehead atoms. The fraction of sp³-hybridized carbons (Fsp3) is 0.200. The van der Waals surface area contributed by atoms with Crippen LogP contribution in [0.1, 0.15) is 19.8 Å². The molecule has 0 aliphatic carbocycles. The lowest BCUT2D eigenvalue weighted by Crippen LogP contribution is -2.66. The molecule has 0 heterocycles. The minimum atomic E-state index is -0.913. The summed E-state index contributed by atoms with van der Waals surface area (Å²) in [5.41, 5.74) is 5.53. The fourth-order valence-corrected chi connectivity index (χ4v) is 5.28. The van der Waals surface area contributed by atoms with Gasteiger partial charge in [-0.15, -0.1) is 0 Å². The molecule has 0 aliphatic rings. The average Bonchev–Trinajstić information content (AvgIpc) is 2.87. The second-order valence-corrected chi connectivity index (χ2v) is 10.5. The Morgan fingerprint density at radius 1 is 0.576 bits per heavy atom. The van der Waals surface area contributed by atoms with Crippen molar-refractivity contribution in [1.82, 2.24) is 0 Å². The van der Waals surface area contributed by atoms with E-state index < -0.39 is 6.15 Å². The summed E-state index contributed by atoms with van der Waals surface area (Å²) in [6.45, 7) is 2.28. The van der Waals surface area contributed by atoms with Gasteiger partial charge in [0.1, 0.15) is 12.5 Å². The molecule has 0 amide bonds. The molecule has 4 rings (SSSR count). The molecule has 4 aromatic carbocycles. The highest BCUT2D eigenvalue weighted by Crippen LogP contribution is 2.16. The van der Waals surface area contributed by atoms with Crippen molar-refractivity contribution in [3.63, 3.8) is 0 Å². The largest absolute Gasteiger partial charge is 0.208 e. The third-order valence-corrected chi connectivity index (χ3v) is 6.84. The highest BCUT2D eigenvalue weighted by atomic mass is 32.2. The molecule has 0 saturated heterocycles. The van der Waals surface area contributed by atoms with Gasteiger partial charge in [0, 0.05) is 0 Å². The van der Waals surface area contributed by atoms with E-state index in [2.05, 4.69) is 127 Å². The Balaban J connectivity index is 0.000000257. The van der Waals surface area contributed by atoms with Crippen molar-refractivity contribution in [2.75, 3.05) is 17.2 Å². The maximum Gasteiger partial charge on any atom is 0.122 e. The summed E-state index contributed by atoms with van der Waals surface area (Å²) in [6, 6.07) is 43.4. The van der Waals surface area contributed by atoms with Crippen LogP contribution < -0.4 is 21.1 Å². The standard InChI is InChI=1S/C22H24B.C8H12NS/c1-2-3-19-23(20-13-7-4-8-14-20,21-15-9-5-10-16-21)22-17-11-6-12-18-22;1-10(2)9-8-6-4-3-5-7-8/h4-18H,2-3,19H2,1H3;3-7,9H,1-2H3/q-1;+1. The molecule has 0 atom stereocenters. The summed E-state index contributed by atoms with van der Waals surface area (Å²) in [5.74, 6) is 0. The van der Waals surface area contributed by atoms with Gasteiger partial charge in [0.05, 0.1) is 22.9 Å². The zero-order valence-corrected chi connectivity index (χ0v) is 21.0. The lowest BCUT2D eigenvalue weighted by Gasteiger charge is -2.43. The number of hydrogen-bond acceptors (Lipinski definition) is 1. The van der Waals surface area contributed by atoms with E-state index in [-0.39, 0.29) is 11.1 Å². The van der Waals surface area contributed by atoms with Gasteiger partial charge in [0.15, 0.2) is 0 Å². The van der Waals surface area contributed by atoms with Crippen LogP contribution in [0.25, 0.3) is 0 Å². The molecule has 3 heteroatoms. The van der Waals surface area contributed by atoms with Crippen LogP contribution in [0.4, 0.5) is 5.69 Å². The number of anilines is 1. The van der Waals surface area contributed by atoms with Crippen molar-refractivity contribution in [3.8, 4) is 0 Å². The van der Waals surface area contributed by atoms with E-state index in [9.17, 15) is 0 Å². The Labute approximate surface area is 203 Å². The molecule has 0 saturated carbocycles. The lowest BCUT2D eigenvalue weighted by molar-refractivity contribution is 0.874. The number of benzene rings is 4. The first kappa shape index (κ1) is 24.7. The molecule has 1 nitrogen and oxygen atoms in total. The second-order valence-electron chi connectivity index (χ2n) is 8.70. The van der Waals surface area contributed by atoms with Crippen LogP contribution in [-0.4, -0.2) is 18.7 Å². The minimum absolute atomic E-state index is 0.283. The predicted molar refractivity (Wildman–Crippen MR) is 153 cm³/mol. The molecule has 0 spiro atoms. The van der Waals surface area contributed by atoms with E-state index in [0.29, 0.717) is 0 Å². The maximum absolute atomic E-state index is 3.33. The monoisotopic (exact) mass is 453 g/mol. The van der Waals surface area contributed by atoms with Crippen LogP contribution in [0.2, 0.25) is 6.32 Å². The van der Waals surface area contributed by atoms with Crippen LogP contribution >= 0.6 is 0 Å². The van der Waals surface area contributed by atoms with Gasteiger partial charge in [-0.25, -0.2) is 4.72 Å². The van der Waals surface area contributed by atoms with E-state index in [1.54, 1.807) is 0 Å². The summed E-state index contributed by atoms with van der Waals surface area (Å²) in [4.78, 5) is 0. The van der Waals surface area contributed by atoms with Crippen molar-refractivity contribution in [1.29, 1.82) is 0 Å². The molecule has 0 unspecified atom stereocenters. The third-order valence-electron chi connectivity index (χ3n) is 6.19. The fourth-order valence-electron chi connectivity index (χ4n) is 4.67. The predicted octanol–water partition coefficient (Wildman–Crippen LogP) is 5.85. The van der Waals surface area contributed by atoms with Gasteiger partial charge >= 0.3 is 0 Å². The van der Waals surface area contributed by atoms with E-state index in [1.165, 1.54) is 41.2 Å². The van der Waals surface area contributed by atoms with Crippen LogP contribution in [0.5, 0.6) is 0 Å². The number of nitrogens with one attached hydrogen (secondary N) is 1. The molecule has 0 radical (unpaired) electrons. The summed E-state index contributed by atoms with van der Waals surface area (Å²) in [7, 11) is 0. The first-order valence-electron chi connectivity index (χ1n) is 11.9. The van der Waals surface area contributed by atoms with Crippen molar-refractivity contribution >= 4 is 39.3 Å². The molecular weight excluding hydrogens is 417 g/mol. The van der Waals surface area contributed by atoms with Crippen molar-refractivity contribution in [3.05, 3.63) is 121 Å². The smallest absolute Gasteiger partial charge is 0.122 e. The van der Waals surface area contributed by atoms with E-state index in [0.717, 1.165) is 0 Å². The van der Waals surface area contributed by atoms with Crippen molar-refractivity contribution in [2.24, 2.45) is 0 Å². The van der Waals surface area contributed by atoms with Crippen LogP contribution in [0.15, 0.2) is 121 Å². The van der Waals surface area contributed by atoms with Crippen molar-refractivity contribution in [2.45, 2.75) is 26.1 Å². The molecule has 33 heavy (non-hydrogen) atoms. The topological polar surface area (TPSA) is 12.0 Å². The third kappa shape index (κ3) is 6.79. The van der Waals surface area contributed by atoms with Gasteiger partial charge in [0.25, 0.3) is 0 Å². The number of para-hydroxylation sites is 1. The van der Waals surface area contributed by atoms with Crippen LogP contribution in [-0.2, 0) is 11.1 Å². The maximum atomic E-state index is 3.33. The summed E-state index contributed by atoms with van der Waals surface area (Å²) in [5, 5.41) is 0. The Kier molecular flexibility index (Phi) is 9.71. The highest BCUT2D eigenvalue weighted by molar-refractivity contribution is 7.96. The van der Waals surface area contributed by atoms with Crippen LogP contribution in [0.3, 0.4) is 0 Å². The first-order chi connectivity index (χ1) is 16.2. The Hall–Kier alpha value is -2.91. The SMILES string of the molecule is CCCC[B-](c1ccccc1)(c1ccccc1)c1ccccc1.C[S+](C)Nc1ccccc1. The van der Waals surface area contributed by atoms with Gasteiger partial charge in [-0.05, 0) is 12.1 Å². The molecule has 0 aromatic heterocycles. The van der Waals surface area contributed by atoms with Crippen molar-refractivity contribution < 1.29 is 0 Å². The zero-order chi connectivity index (χ0) is 23.4. The van der Waals surface area contributed by atoms with Crippen LogP contribution in [0, 0.1) is 0 Å². The Morgan fingerprint density at radius 2 is 0.939 bits per heavy atom. The van der Waals surface area contributed by atoms with Gasteiger partial charge < -0.3 is 0 Å². The van der Waals surface area contributed by atoms with Gasteiger partial charge in [-0.2, -0.15) is 22.7 Å². The zero-order valence-electron chi connectivity index (χ0n) is 20.2. The van der Waals surface area contributed by atoms with E-state index in [1.807, 2.05) is 18.2 Å². The lowest BCUT2D eigenvalue weighted by atomic mass is 9.14. The number of hydrogen-bond donors (Lipinski definition) is 1. The van der Waals surface area contributed by atoms with Gasteiger partial charge in [-0.1, -0.05) is 129 Å². The molecular formula is C30H36BNS. The Morgan fingerprint density at radius 3 is 1.27 bits per heavy atom. The summed E-state index contributed by atoms with van der Waals surface area (Å²) >= 11 is 0.283. The molecule has 4 aromatic rings. The summed E-state index contributed by atoms with van der Waals surface area (Å²) < 4.78 is 3.33. The molecule has 170 valence electrons. The van der Waals surface area contributed by atoms with Gasteiger partial charge in [0.2, 0.25) is 0 Å². The highest BCUT2D eigenvalue weighted by Gasteiger charge is 2.28. The van der Waals surface area contributed by atoms with E-state index >= 15 is 0 Å². The average molecular weight is 454 g/mol. The van der Waals surface area contributed by atoms with Gasteiger partial charge in [-0.3, -0.25) is 0 Å². The molecule has 0 aliphatic heterocycles. The normalized spacial score (nSPS) is 10.9. The number of rotatable bonds is 8. The number of unbranched alkanes of at least 4 members (excludes halogenated alkanes) is 1. The Bertz CT molecular complexity index is 941. The summed E-state index contributed by atoms with van der Waals surface area (Å²) in [6.07, 6.45) is 7.05.